The predicted molar refractivity (Wildman–Crippen MR) is 93.4 cm³/mol. The maximum absolute atomic E-state index is 6.06. The fourth-order valence-electron chi connectivity index (χ4n) is 3.06. The van der Waals surface area contributed by atoms with Crippen molar-refractivity contribution >= 4 is 5.95 Å². The van der Waals surface area contributed by atoms with Gasteiger partial charge in [0.2, 0.25) is 5.95 Å². The van der Waals surface area contributed by atoms with Gasteiger partial charge in [-0.25, -0.2) is 0 Å². The van der Waals surface area contributed by atoms with Crippen molar-refractivity contribution in [1.29, 1.82) is 0 Å². The molecular weight excluding hydrogens is 316 g/mol. The van der Waals surface area contributed by atoms with E-state index in [0.29, 0.717) is 6.61 Å². The van der Waals surface area contributed by atoms with Crippen molar-refractivity contribution in [1.82, 2.24) is 25.2 Å². The molecule has 0 amide bonds. The maximum Gasteiger partial charge on any atom is 0.250 e. The van der Waals surface area contributed by atoms with E-state index in [1.54, 1.807) is 10.9 Å². The monoisotopic (exact) mass is 336 g/mol. The van der Waals surface area contributed by atoms with Gasteiger partial charge in [-0.2, -0.15) is 4.68 Å². The van der Waals surface area contributed by atoms with Crippen LogP contribution in [0.4, 0.5) is 5.95 Å². The van der Waals surface area contributed by atoms with Crippen LogP contribution >= 0.6 is 0 Å². The summed E-state index contributed by atoms with van der Waals surface area (Å²) in [4.78, 5) is 6.50. The smallest absolute Gasteiger partial charge is 0.250 e. The van der Waals surface area contributed by atoms with E-state index in [0.717, 1.165) is 43.3 Å². The molecule has 4 rings (SSSR count). The van der Waals surface area contributed by atoms with Crippen molar-refractivity contribution in [2.45, 2.75) is 25.6 Å². The summed E-state index contributed by atoms with van der Waals surface area (Å²) in [7, 11) is 0. The fraction of sp³-hybridized carbons (Fsp3) is 0.333. The lowest BCUT2D eigenvalue weighted by atomic mass is 10.1. The Hall–Kier alpha value is -2.80. The van der Waals surface area contributed by atoms with Crippen molar-refractivity contribution in [2.75, 3.05) is 18.0 Å². The minimum atomic E-state index is 0.150. The topological polar surface area (TPSA) is 69.0 Å². The molecule has 1 fully saturated rings. The third kappa shape index (κ3) is 3.66. The van der Waals surface area contributed by atoms with Gasteiger partial charge in [-0.05, 0) is 47.5 Å². The minimum absolute atomic E-state index is 0.150. The van der Waals surface area contributed by atoms with Gasteiger partial charge in [0.25, 0.3) is 0 Å². The standard InChI is InChI=1S/C18H20N6O/c1-2-8-16(9-3-1)24-18(20-21-22-24)23-12-6-10-17(13-23)25-14-15-7-4-5-11-19-15/h1-5,7-9,11,17H,6,10,12-14H2. The molecule has 0 N–H and O–H groups in total. The SMILES string of the molecule is c1ccc(-n2nnnc2N2CCCC(OCc3ccccn3)C2)cc1. The average molecular weight is 336 g/mol. The van der Waals surface area contributed by atoms with Gasteiger partial charge in [0.05, 0.1) is 24.1 Å². The number of nitrogens with zero attached hydrogens (tertiary/aromatic N) is 6. The summed E-state index contributed by atoms with van der Waals surface area (Å²) in [5, 5.41) is 12.2. The Morgan fingerprint density at radius 3 is 2.80 bits per heavy atom. The van der Waals surface area contributed by atoms with E-state index in [1.807, 2.05) is 48.5 Å². The zero-order valence-electron chi connectivity index (χ0n) is 13.9. The van der Waals surface area contributed by atoms with Crippen LogP contribution in [0.15, 0.2) is 54.7 Å². The summed E-state index contributed by atoms with van der Waals surface area (Å²) in [5.74, 6) is 0.761. The van der Waals surface area contributed by atoms with Crippen LogP contribution in [0, 0.1) is 0 Å². The number of tetrazole rings is 1. The van der Waals surface area contributed by atoms with Crippen LogP contribution < -0.4 is 4.90 Å². The van der Waals surface area contributed by atoms with Gasteiger partial charge in [0.1, 0.15) is 0 Å². The molecule has 0 saturated carbocycles. The van der Waals surface area contributed by atoms with Crippen LogP contribution in [0.1, 0.15) is 18.5 Å². The fourth-order valence-corrected chi connectivity index (χ4v) is 3.06. The van der Waals surface area contributed by atoms with Gasteiger partial charge in [-0.1, -0.05) is 29.4 Å². The second-order valence-corrected chi connectivity index (χ2v) is 6.07. The number of aromatic nitrogens is 5. The number of benzene rings is 1. The molecule has 1 aliphatic rings. The van der Waals surface area contributed by atoms with E-state index >= 15 is 0 Å². The zero-order valence-corrected chi connectivity index (χ0v) is 13.9. The summed E-state index contributed by atoms with van der Waals surface area (Å²) in [5.41, 5.74) is 1.91. The molecule has 1 unspecified atom stereocenters. The van der Waals surface area contributed by atoms with E-state index in [2.05, 4.69) is 25.4 Å². The predicted octanol–water partition coefficient (Wildman–Crippen LogP) is 2.24. The van der Waals surface area contributed by atoms with Crippen molar-refractivity contribution in [3.8, 4) is 5.69 Å². The van der Waals surface area contributed by atoms with Gasteiger partial charge in [-0.15, -0.1) is 0 Å². The number of hydrogen-bond donors (Lipinski definition) is 0. The lowest BCUT2D eigenvalue weighted by Crippen LogP contribution is -2.41. The molecule has 0 aliphatic carbocycles. The van der Waals surface area contributed by atoms with Gasteiger partial charge in [0, 0.05) is 19.3 Å². The van der Waals surface area contributed by atoms with Gasteiger partial charge in [-0.3, -0.25) is 4.98 Å². The first-order valence-electron chi connectivity index (χ1n) is 8.50. The van der Waals surface area contributed by atoms with E-state index in [-0.39, 0.29) is 6.10 Å². The Morgan fingerprint density at radius 2 is 1.96 bits per heavy atom. The number of anilines is 1. The molecule has 0 bridgehead atoms. The molecule has 3 heterocycles. The quantitative estimate of drug-likeness (QED) is 0.712. The second-order valence-electron chi connectivity index (χ2n) is 6.07. The highest BCUT2D eigenvalue weighted by Crippen LogP contribution is 2.21. The van der Waals surface area contributed by atoms with Crippen LogP contribution in [0.25, 0.3) is 5.69 Å². The number of piperidine rings is 1. The molecule has 0 spiro atoms. The number of pyridine rings is 1. The first-order valence-corrected chi connectivity index (χ1v) is 8.50. The first-order chi connectivity index (χ1) is 12.4. The number of ether oxygens (including phenoxy) is 1. The Morgan fingerprint density at radius 1 is 1.08 bits per heavy atom. The van der Waals surface area contributed by atoms with Gasteiger partial charge >= 0.3 is 0 Å². The number of para-hydroxylation sites is 1. The second kappa shape index (κ2) is 7.40. The van der Waals surface area contributed by atoms with Crippen LogP contribution in [0.5, 0.6) is 0 Å². The van der Waals surface area contributed by atoms with Crippen LogP contribution in [-0.4, -0.2) is 44.4 Å². The van der Waals surface area contributed by atoms with E-state index in [4.69, 9.17) is 4.74 Å². The molecule has 1 atom stereocenters. The number of hydrogen-bond acceptors (Lipinski definition) is 6. The van der Waals surface area contributed by atoms with E-state index in [9.17, 15) is 0 Å². The molecule has 7 heteroatoms. The molecule has 25 heavy (non-hydrogen) atoms. The molecule has 1 aliphatic heterocycles. The molecule has 128 valence electrons. The van der Waals surface area contributed by atoms with Gasteiger partial charge in [0.15, 0.2) is 0 Å². The highest BCUT2D eigenvalue weighted by molar-refractivity contribution is 5.40. The van der Waals surface area contributed by atoms with Crippen molar-refractivity contribution in [3.05, 3.63) is 60.4 Å². The third-order valence-corrected chi connectivity index (χ3v) is 4.31. The Balaban J connectivity index is 1.44. The lowest BCUT2D eigenvalue weighted by Gasteiger charge is -2.32. The van der Waals surface area contributed by atoms with Crippen LogP contribution in [0.2, 0.25) is 0 Å². The average Bonchev–Trinajstić information content (AvgIpc) is 3.18. The van der Waals surface area contributed by atoms with Crippen molar-refractivity contribution < 1.29 is 4.74 Å². The molecule has 2 aromatic heterocycles. The van der Waals surface area contributed by atoms with Gasteiger partial charge < -0.3 is 9.64 Å². The Kier molecular flexibility index (Phi) is 4.65. The highest BCUT2D eigenvalue weighted by atomic mass is 16.5. The van der Waals surface area contributed by atoms with Crippen LogP contribution in [0.3, 0.4) is 0 Å². The van der Waals surface area contributed by atoms with Crippen molar-refractivity contribution in [3.63, 3.8) is 0 Å². The summed E-state index contributed by atoms with van der Waals surface area (Å²) in [6, 6.07) is 15.8. The van der Waals surface area contributed by atoms with Crippen molar-refractivity contribution in [2.24, 2.45) is 0 Å². The molecule has 0 radical (unpaired) electrons. The van der Waals surface area contributed by atoms with Crippen LogP contribution in [-0.2, 0) is 11.3 Å². The largest absolute Gasteiger partial charge is 0.370 e. The summed E-state index contributed by atoms with van der Waals surface area (Å²) in [6.45, 7) is 2.24. The Bertz CT molecular complexity index is 792. The lowest BCUT2D eigenvalue weighted by molar-refractivity contribution is 0.0295. The molecule has 3 aromatic rings. The molecule has 1 aromatic carbocycles. The highest BCUT2D eigenvalue weighted by Gasteiger charge is 2.25. The first kappa shape index (κ1) is 15.7. The third-order valence-electron chi connectivity index (χ3n) is 4.31. The van der Waals surface area contributed by atoms with E-state index < -0.39 is 0 Å². The maximum atomic E-state index is 6.06. The zero-order chi connectivity index (χ0) is 16.9. The normalized spacial score (nSPS) is 17.6. The summed E-state index contributed by atoms with van der Waals surface area (Å²) < 4.78 is 7.84. The molecular formula is C18H20N6O. The summed E-state index contributed by atoms with van der Waals surface area (Å²) >= 11 is 0. The van der Waals surface area contributed by atoms with E-state index in [1.165, 1.54) is 0 Å². The molecule has 1 saturated heterocycles. The minimum Gasteiger partial charge on any atom is -0.370 e. The summed E-state index contributed by atoms with van der Waals surface area (Å²) in [6.07, 6.45) is 4.03. The Labute approximate surface area is 146 Å². The molecule has 7 nitrogen and oxygen atoms in total. The number of rotatable bonds is 5.